The van der Waals surface area contributed by atoms with E-state index in [4.69, 9.17) is 4.74 Å². The molecular weight excluding hydrogens is 342 g/mol. The van der Waals surface area contributed by atoms with E-state index in [-0.39, 0.29) is 35.3 Å². The molecule has 0 bridgehead atoms. The lowest BCUT2D eigenvalue weighted by Crippen LogP contribution is -2.42. The minimum atomic E-state index is -3.64. The van der Waals surface area contributed by atoms with Crippen LogP contribution in [-0.2, 0) is 10.0 Å². The van der Waals surface area contributed by atoms with Crippen LogP contribution in [0.4, 0.5) is 0 Å². The molecule has 1 unspecified atom stereocenters. The molecule has 0 saturated heterocycles. The average molecular weight is 368 g/mol. The lowest BCUT2D eigenvalue weighted by Gasteiger charge is -2.23. The Labute approximate surface area is 144 Å². The standard InChI is InChI=1S/C14H25N3O4S.ClH/c1-14(2,3)16-9-11(18)10-21-13-12(7-6-8-15-13)22(19,20)17(4)5;/h6-8,11,16,18H,9-10H2,1-5H3;1H. The number of aliphatic hydroxyl groups excluding tert-OH is 1. The highest BCUT2D eigenvalue weighted by Gasteiger charge is 2.23. The zero-order valence-electron chi connectivity index (χ0n) is 14.1. The number of β-amino-alcohol motifs (C(OH)–C–C–N with tert-alkyl or cyclic N) is 1. The van der Waals surface area contributed by atoms with E-state index >= 15 is 0 Å². The SMILES string of the molecule is CN(C)S(=O)(=O)c1cccnc1OCC(O)CNC(C)(C)C.Cl. The summed E-state index contributed by atoms with van der Waals surface area (Å²) in [6.07, 6.45) is 0.681. The van der Waals surface area contributed by atoms with Gasteiger partial charge < -0.3 is 15.2 Å². The van der Waals surface area contributed by atoms with Crippen LogP contribution in [-0.4, -0.2) is 61.7 Å². The third kappa shape index (κ3) is 7.01. The molecule has 0 aliphatic heterocycles. The Balaban J connectivity index is 0.00000484. The molecule has 1 atom stereocenters. The summed E-state index contributed by atoms with van der Waals surface area (Å²) in [6, 6.07) is 2.96. The molecule has 0 radical (unpaired) electrons. The lowest BCUT2D eigenvalue weighted by atomic mass is 10.1. The molecule has 0 fully saturated rings. The van der Waals surface area contributed by atoms with Gasteiger partial charge in [0, 0.05) is 32.4 Å². The molecule has 7 nitrogen and oxygen atoms in total. The van der Waals surface area contributed by atoms with Crippen molar-refractivity contribution < 1.29 is 18.3 Å². The van der Waals surface area contributed by atoms with E-state index in [0.29, 0.717) is 6.54 Å². The van der Waals surface area contributed by atoms with Crippen molar-refractivity contribution in [2.24, 2.45) is 0 Å². The largest absolute Gasteiger partial charge is 0.474 e. The number of aromatic nitrogens is 1. The van der Waals surface area contributed by atoms with Crippen molar-refractivity contribution in [3.63, 3.8) is 0 Å². The minimum Gasteiger partial charge on any atom is -0.474 e. The van der Waals surface area contributed by atoms with Gasteiger partial charge >= 0.3 is 0 Å². The Morgan fingerprint density at radius 2 is 2.00 bits per heavy atom. The molecule has 1 rings (SSSR count). The van der Waals surface area contributed by atoms with Crippen LogP contribution in [0.15, 0.2) is 23.2 Å². The number of ether oxygens (including phenoxy) is 1. The van der Waals surface area contributed by atoms with Crippen molar-refractivity contribution in [2.45, 2.75) is 37.3 Å². The fraction of sp³-hybridized carbons (Fsp3) is 0.643. The second kappa shape index (κ2) is 8.79. The summed E-state index contributed by atoms with van der Waals surface area (Å²) in [5.74, 6) is -0.00833. The van der Waals surface area contributed by atoms with E-state index in [0.717, 1.165) is 4.31 Å². The quantitative estimate of drug-likeness (QED) is 0.743. The molecule has 0 aliphatic rings. The van der Waals surface area contributed by atoms with Gasteiger partial charge in [0.25, 0.3) is 0 Å². The predicted octanol–water partition coefficient (Wildman–Crippen LogP) is 0.882. The van der Waals surface area contributed by atoms with E-state index in [2.05, 4.69) is 10.3 Å². The Bertz CT molecular complexity index is 588. The molecule has 0 aliphatic carbocycles. The first-order valence-electron chi connectivity index (χ1n) is 6.97. The van der Waals surface area contributed by atoms with Crippen LogP contribution in [0.3, 0.4) is 0 Å². The van der Waals surface area contributed by atoms with Gasteiger partial charge in [-0.1, -0.05) is 0 Å². The fourth-order valence-electron chi connectivity index (χ4n) is 1.54. The van der Waals surface area contributed by atoms with E-state index in [1.807, 2.05) is 20.8 Å². The van der Waals surface area contributed by atoms with Crippen LogP contribution in [0.5, 0.6) is 5.88 Å². The van der Waals surface area contributed by atoms with Gasteiger partial charge in [-0.3, -0.25) is 0 Å². The molecule has 0 saturated carbocycles. The van der Waals surface area contributed by atoms with Gasteiger partial charge in [0.2, 0.25) is 15.9 Å². The minimum absolute atomic E-state index is 0. The number of pyridine rings is 1. The molecule has 1 aromatic heterocycles. The van der Waals surface area contributed by atoms with Crippen LogP contribution in [0.25, 0.3) is 0 Å². The number of nitrogens with zero attached hydrogens (tertiary/aromatic N) is 2. The van der Waals surface area contributed by atoms with Crippen LogP contribution in [0.2, 0.25) is 0 Å². The number of rotatable bonds is 7. The maximum absolute atomic E-state index is 12.2. The van der Waals surface area contributed by atoms with Crippen molar-refractivity contribution in [2.75, 3.05) is 27.2 Å². The first-order valence-corrected chi connectivity index (χ1v) is 8.41. The number of halogens is 1. The van der Waals surface area contributed by atoms with Crippen LogP contribution < -0.4 is 10.1 Å². The van der Waals surface area contributed by atoms with Crippen LogP contribution in [0.1, 0.15) is 20.8 Å². The Morgan fingerprint density at radius 3 is 2.52 bits per heavy atom. The van der Waals surface area contributed by atoms with Gasteiger partial charge in [-0.15, -0.1) is 12.4 Å². The molecule has 134 valence electrons. The molecule has 1 aromatic rings. The average Bonchev–Trinajstić information content (AvgIpc) is 2.42. The van der Waals surface area contributed by atoms with Gasteiger partial charge in [0.05, 0.1) is 0 Å². The zero-order chi connectivity index (χ0) is 17.0. The summed E-state index contributed by atoms with van der Waals surface area (Å²) >= 11 is 0. The van der Waals surface area contributed by atoms with E-state index in [1.165, 1.54) is 32.4 Å². The van der Waals surface area contributed by atoms with Crippen molar-refractivity contribution in [3.05, 3.63) is 18.3 Å². The topological polar surface area (TPSA) is 91.8 Å². The van der Waals surface area contributed by atoms with E-state index < -0.39 is 16.1 Å². The highest BCUT2D eigenvalue weighted by Crippen LogP contribution is 2.22. The van der Waals surface area contributed by atoms with Gasteiger partial charge in [-0.05, 0) is 32.9 Å². The van der Waals surface area contributed by atoms with Crippen molar-refractivity contribution in [1.29, 1.82) is 0 Å². The first-order chi connectivity index (χ1) is 10.0. The van der Waals surface area contributed by atoms with Gasteiger partial charge in [-0.25, -0.2) is 17.7 Å². The summed E-state index contributed by atoms with van der Waals surface area (Å²) in [5, 5.41) is 13.0. The normalized spacial score (nSPS) is 13.5. The number of aliphatic hydroxyl groups is 1. The molecule has 0 spiro atoms. The molecule has 9 heteroatoms. The Hall–Kier alpha value is -0.930. The fourth-order valence-corrected chi connectivity index (χ4v) is 2.51. The second-order valence-corrected chi connectivity index (χ2v) is 8.31. The van der Waals surface area contributed by atoms with E-state index in [9.17, 15) is 13.5 Å². The summed E-state index contributed by atoms with van der Waals surface area (Å²) in [5.41, 5.74) is -0.120. The highest BCUT2D eigenvalue weighted by atomic mass is 35.5. The van der Waals surface area contributed by atoms with Crippen LogP contribution in [0, 0.1) is 0 Å². The number of nitrogens with one attached hydrogen (secondary N) is 1. The molecule has 0 amide bonds. The third-order valence-corrected chi connectivity index (χ3v) is 4.60. The lowest BCUT2D eigenvalue weighted by molar-refractivity contribution is 0.0960. The Morgan fingerprint density at radius 1 is 1.39 bits per heavy atom. The molecule has 2 N–H and O–H groups in total. The van der Waals surface area contributed by atoms with Gasteiger partial charge in [0.15, 0.2) is 0 Å². The van der Waals surface area contributed by atoms with Crippen molar-refractivity contribution in [3.8, 4) is 5.88 Å². The van der Waals surface area contributed by atoms with Gasteiger partial charge in [-0.2, -0.15) is 0 Å². The van der Waals surface area contributed by atoms with E-state index in [1.54, 1.807) is 0 Å². The summed E-state index contributed by atoms with van der Waals surface area (Å²) in [4.78, 5) is 3.93. The highest BCUT2D eigenvalue weighted by molar-refractivity contribution is 7.89. The number of sulfonamides is 1. The molecule has 23 heavy (non-hydrogen) atoms. The maximum Gasteiger partial charge on any atom is 0.247 e. The summed E-state index contributed by atoms with van der Waals surface area (Å²) in [7, 11) is -0.765. The smallest absolute Gasteiger partial charge is 0.247 e. The number of hydrogen-bond donors (Lipinski definition) is 2. The van der Waals surface area contributed by atoms with Crippen molar-refractivity contribution >= 4 is 22.4 Å². The Kier molecular flexibility index (Phi) is 8.44. The zero-order valence-corrected chi connectivity index (χ0v) is 15.7. The van der Waals surface area contributed by atoms with Crippen LogP contribution >= 0.6 is 12.4 Å². The third-order valence-electron chi connectivity index (χ3n) is 2.78. The second-order valence-electron chi connectivity index (χ2n) is 6.19. The number of hydrogen-bond acceptors (Lipinski definition) is 6. The molecule has 1 heterocycles. The predicted molar refractivity (Wildman–Crippen MR) is 91.6 cm³/mol. The molecule has 0 aromatic carbocycles. The molecular formula is C14H26ClN3O4S. The van der Waals surface area contributed by atoms with Crippen molar-refractivity contribution in [1.82, 2.24) is 14.6 Å². The van der Waals surface area contributed by atoms with Gasteiger partial charge in [0.1, 0.15) is 17.6 Å². The summed E-state index contributed by atoms with van der Waals surface area (Å²) < 4.78 is 30.9. The summed E-state index contributed by atoms with van der Waals surface area (Å²) in [6.45, 7) is 6.26. The first kappa shape index (κ1) is 22.1. The monoisotopic (exact) mass is 367 g/mol. The maximum atomic E-state index is 12.2.